The standard InChI is InChI=1S/C28H31BrN4O8/c1-6-10-40-26-19(29)11-17(12-22(26)37-4)14-30-33-23(34)15-41-20-9-8-18(13-21(20)39-7-2)25-24(27(35)38-5)16(3)31-28(36)32-25/h1,8-9,11-14,23,25,33-34H,7,10,15H2,2-5H3,(H2,31,32,36)/b30-14-/t23-,25+/m1/s1. The SMILES string of the molecule is C#CCOc1c(Br)cc(/C=N\N[C@H](O)COc2ccc([C@@H]3NC(=O)NC(C)=C3C(=O)OC)cc2OCC)cc1OC. The van der Waals surface area contributed by atoms with Crippen LogP contribution in [0.5, 0.6) is 23.0 Å². The summed E-state index contributed by atoms with van der Waals surface area (Å²) in [6, 6.07) is 7.21. The van der Waals surface area contributed by atoms with E-state index in [0.717, 1.165) is 0 Å². The van der Waals surface area contributed by atoms with Gasteiger partial charge in [0.1, 0.15) is 13.2 Å². The third-order valence-electron chi connectivity index (χ3n) is 5.66. The maximum absolute atomic E-state index is 12.4. The number of aliphatic hydroxyl groups is 1. The Bertz CT molecular complexity index is 1370. The minimum atomic E-state index is -1.16. The molecule has 0 fully saturated rings. The summed E-state index contributed by atoms with van der Waals surface area (Å²) in [5.41, 5.74) is 4.48. The molecule has 2 aromatic carbocycles. The molecule has 0 saturated heterocycles. The van der Waals surface area contributed by atoms with Crippen LogP contribution in [0, 0.1) is 12.3 Å². The Morgan fingerprint density at radius 1 is 1.22 bits per heavy atom. The molecule has 13 heteroatoms. The molecule has 0 aromatic heterocycles. The molecule has 0 saturated carbocycles. The van der Waals surface area contributed by atoms with E-state index in [2.05, 4.69) is 43.0 Å². The zero-order chi connectivity index (χ0) is 29.9. The van der Waals surface area contributed by atoms with E-state index in [1.807, 2.05) is 0 Å². The topological polar surface area (TPSA) is 149 Å². The first-order chi connectivity index (χ1) is 19.7. The molecule has 2 atom stereocenters. The fourth-order valence-corrected chi connectivity index (χ4v) is 4.46. The maximum Gasteiger partial charge on any atom is 0.337 e. The number of hydrazone groups is 1. The minimum Gasteiger partial charge on any atom is -0.493 e. The van der Waals surface area contributed by atoms with Crippen LogP contribution in [-0.4, -0.2) is 63.6 Å². The monoisotopic (exact) mass is 630 g/mol. The molecule has 0 bridgehead atoms. The normalized spacial score (nSPS) is 15.3. The summed E-state index contributed by atoms with van der Waals surface area (Å²) in [4.78, 5) is 24.5. The number of terminal acetylenes is 1. The summed E-state index contributed by atoms with van der Waals surface area (Å²) in [6.07, 6.45) is 5.59. The molecule has 4 N–H and O–H groups in total. The first kappa shape index (κ1) is 31.1. The Labute approximate surface area is 246 Å². The molecule has 0 radical (unpaired) electrons. The average molecular weight is 631 g/mol. The van der Waals surface area contributed by atoms with Crippen molar-refractivity contribution in [2.45, 2.75) is 26.1 Å². The van der Waals surface area contributed by atoms with Gasteiger partial charge in [-0.2, -0.15) is 5.10 Å². The molecule has 218 valence electrons. The first-order valence-electron chi connectivity index (χ1n) is 12.4. The molecule has 1 aliphatic heterocycles. The van der Waals surface area contributed by atoms with Crippen molar-refractivity contribution in [1.82, 2.24) is 16.1 Å². The summed E-state index contributed by atoms with van der Waals surface area (Å²) in [5, 5.41) is 19.7. The molecule has 2 aromatic rings. The van der Waals surface area contributed by atoms with Crippen LogP contribution in [0.4, 0.5) is 4.79 Å². The zero-order valence-corrected chi connectivity index (χ0v) is 24.5. The zero-order valence-electron chi connectivity index (χ0n) is 22.9. The average Bonchev–Trinajstić information content (AvgIpc) is 2.95. The largest absolute Gasteiger partial charge is 0.493 e. The van der Waals surface area contributed by atoms with E-state index in [4.69, 9.17) is 30.1 Å². The van der Waals surface area contributed by atoms with Gasteiger partial charge in [0.05, 0.1) is 43.1 Å². The third-order valence-corrected chi connectivity index (χ3v) is 6.25. The number of carbonyl (C=O) groups is 2. The number of allylic oxidation sites excluding steroid dienone is 1. The lowest BCUT2D eigenvalue weighted by Gasteiger charge is -2.28. The molecule has 12 nitrogen and oxygen atoms in total. The van der Waals surface area contributed by atoms with Gasteiger partial charge < -0.3 is 39.4 Å². The van der Waals surface area contributed by atoms with Gasteiger partial charge in [-0.25, -0.2) is 9.59 Å². The van der Waals surface area contributed by atoms with E-state index < -0.39 is 24.3 Å². The lowest BCUT2D eigenvalue weighted by Crippen LogP contribution is -2.45. The lowest BCUT2D eigenvalue weighted by atomic mass is 9.95. The van der Waals surface area contributed by atoms with Gasteiger partial charge in [0.2, 0.25) is 0 Å². The van der Waals surface area contributed by atoms with Gasteiger partial charge in [0.25, 0.3) is 0 Å². The second-order valence-electron chi connectivity index (χ2n) is 8.44. The lowest BCUT2D eigenvalue weighted by molar-refractivity contribution is -0.136. The Hall–Kier alpha value is -4.41. The van der Waals surface area contributed by atoms with Gasteiger partial charge in [0, 0.05) is 5.70 Å². The van der Waals surface area contributed by atoms with E-state index in [0.29, 0.717) is 50.9 Å². The number of nitrogens with zero attached hydrogens (tertiary/aromatic N) is 1. The van der Waals surface area contributed by atoms with Crippen molar-refractivity contribution in [2.75, 3.05) is 34.0 Å². The van der Waals surface area contributed by atoms with Crippen LogP contribution in [-0.2, 0) is 9.53 Å². The third kappa shape index (κ3) is 8.06. The van der Waals surface area contributed by atoms with Gasteiger partial charge in [0.15, 0.2) is 29.2 Å². The highest BCUT2D eigenvalue weighted by molar-refractivity contribution is 9.10. The number of rotatable bonds is 13. The minimum absolute atomic E-state index is 0.0871. The van der Waals surface area contributed by atoms with Crippen LogP contribution < -0.4 is 35.0 Å². The molecule has 0 unspecified atom stereocenters. The van der Waals surface area contributed by atoms with Gasteiger partial charge in [-0.15, -0.1) is 6.42 Å². The smallest absolute Gasteiger partial charge is 0.337 e. The Kier molecular flexibility index (Phi) is 11.3. The Morgan fingerprint density at radius 3 is 2.68 bits per heavy atom. The maximum atomic E-state index is 12.4. The van der Waals surface area contributed by atoms with Crippen LogP contribution in [0.3, 0.4) is 0 Å². The molecule has 0 spiro atoms. The number of aliphatic hydroxyl groups excluding tert-OH is 1. The van der Waals surface area contributed by atoms with Gasteiger partial charge >= 0.3 is 12.0 Å². The number of amides is 2. The van der Waals surface area contributed by atoms with Crippen LogP contribution in [0.1, 0.15) is 31.0 Å². The highest BCUT2D eigenvalue weighted by atomic mass is 79.9. The number of esters is 1. The number of halogens is 1. The summed E-state index contributed by atoms with van der Waals surface area (Å²) in [6.45, 7) is 3.67. The highest BCUT2D eigenvalue weighted by Crippen LogP contribution is 2.37. The number of methoxy groups -OCH3 is 2. The van der Waals surface area contributed by atoms with E-state index in [1.54, 1.807) is 44.2 Å². The predicted octanol–water partition coefficient (Wildman–Crippen LogP) is 2.99. The summed E-state index contributed by atoms with van der Waals surface area (Å²) >= 11 is 3.42. The van der Waals surface area contributed by atoms with E-state index >= 15 is 0 Å². The van der Waals surface area contributed by atoms with Crippen molar-refractivity contribution in [1.29, 1.82) is 0 Å². The molecule has 0 aliphatic carbocycles. The number of nitrogens with one attached hydrogen (secondary N) is 3. The van der Waals surface area contributed by atoms with Crippen LogP contribution in [0.25, 0.3) is 0 Å². The molecule has 2 amide bonds. The van der Waals surface area contributed by atoms with Crippen LogP contribution in [0.15, 0.2) is 51.2 Å². The quantitative estimate of drug-likeness (QED) is 0.0861. The Balaban J connectivity index is 1.69. The van der Waals surface area contributed by atoms with Crippen LogP contribution in [0.2, 0.25) is 0 Å². The van der Waals surface area contributed by atoms with E-state index in [-0.39, 0.29) is 18.8 Å². The van der Waals surface area contributed by atoms with Gasteiger partial charge in [-0.05, 0) is 65.2 Å². The summed E-state index contributed by atoms with van der Waals surface area (Å²) < 4.78 is 27.9. The molecule has 41 heavy (non-hydrogen) atoms. The molecular formula is C28H31BrN4O8. The number of hydrogen-bond donors (Lipinski definition) is 4. The molecule has 1 aliphatic rings. The van der Waals surface area contributed by atoms with Crippen molar-refractivity contribution in [3.8, 4) is 35.3 Å². The second kappa shape index (κ2) is 14.8. The fraction of sp³-hybridized carbons (Fsp3) is 0.321. The van der Waals surface area contributed by atoms with E-state index in [9.17, 15) is 14.7 Å². The number of hydrogen-bond acceptors (Lipinski definition) is 10. The van der Waals surface area contributed by atoms with Crippen molar-refractivity contribution in [3.63, 3.8) is 0 Å². The van der Waals surface area contributed by atoms with Gasteiger partial charge in [-0.3, -0.25) is 5.43 Å². The number of ether oxygens (including phenoxy) is 5. The van der Waals surface area contributed by atoms with Crippen molar-refractivity contribution in [2.24, 2.45) is 5.10 Å². The van der Waals surface area contributed by atoms with Crippen LogP contribution >= 0.6 is 15.9 Å². The number of benzene rings is 2. The van der Waals surface area contributed by atoms with Crippen molar-refractivity contribution in [3.05, 3.63) is 57.2 Å². The van der Waals surface area contributed by atoms with Crippen molar-refractivity contribution < 1.29 is 38.4 Å². The number of urea groups is 1. The van der Waals surface area contributed by atoms with E-state index in [1.165, 1.54) is 20.4 Å². The Morgan fingerprint density at radius 2 is 2.00 bits per heavy atom. The molecule has 3 rings (SSSR count). The fourth-order valence-electron chi connectivity index (χ4n) is 3.89. The molecular weight excluding hydrogens is 600 g/mol. The molecule has 1 heterocycles. The number of carbonyl (C=O) groups excluding carboxylic acids is 2. The van der Waals surface area contributed by atoms with Gasteiger partial charge in [-0.1, -0.05) is 12.0 Å². The summed E-state index contributed by atoms with van der Waals surface area (Å²) in [5.74, 6) is 3.46. The first-order valence-corrected chi connectivity index (χ1v) is 13.2. The van der Waals surface area contributed by atoms with Crippen molar-refractivity contribution >= 4 is 34.1 Å². The highest BCUT2D eigenvalue weighted by Gasteiger charge is 2.32. The summed E-state index contributed by atoms with van der Waals surface area (Å²) in [7, 11) is 2.77. The second-order valence-corrected chi connectivity index (χ2v) is 9.30. The predicted molar refractivity (Wildman–Crippen MR) is 154 cm³/mol.